The zero-order chi connectivity index (χ0) is 27.7. The number of carboxylic acid groups (broad SMARTS) is 1. The molecule has 4 aliphatic carbocycles. The van der Waals surface area contributed by atoms with Crippen molar-refractivity contribution >= 4 is 118 Å². The van der Waals surface area contributed by atoms with Crippen LogP contribution in [0, 0.1) is 31.5 Å². The van der Waals surface area contributed by atoms with Crippen LogP contribution in [0.2, 0.25) is 0 Å². The van der Waals surface area contributed by atoms with Crippen molar-refractivity contribution in [3.05, 3.63) is 25.4 Å². The molecule has 0 heterocycles. The highest BCUT2D eigenvalue weighted by Gasteiger charge is 2.62. The van der Waals surface area contributed by atoms with E-state index in [2.05, 4.69) is 27.9 Å². The average molecular weight is 991 g/mol. The number of amides is 1. The van der Waals surface area contributed by atoms with Gasteiger partial charge in [0.1, 0.15) is 0 Å². The number of alkyl halides is 2. The third-order valence-electron chi connectivity index (χ3n) is 7.33. The Morgan fingerprint density at radius 1 is 0.973 bits per heavy atom. The summed E-state index contributed by atoms with van der Waals surface area (Å²) in [5.41, 5.74) is -2.14. The Hall–Kier alpha value is 0.320. The molecule has 5 rings (SSSR count). The summed E-state index contributed by atoms with van der Waals surface area (Å²) in [5, 5.41) is 8.26. The van der Waals surface area contributed by atoms with Gasteiger partial charge in [0.25, 0.3) is 5.91 Å². The molecule has 0 spiro atoms. The molecule has 37 heavy (non-hydrogen) atoms. The van der Waals surface area contributed by atoms with E-state index in [0.29, 0.717) is 32.8 Å². The van der Waals surface area contributed by atoms with Crippen molar-refractivity contribution in [3.63, 3.8) is 0 Å². The van der Waals surface area contributed by atoms with Crippen molar-refractivity contribution in [3.8, 4) is 0 Å². The lowest BCUT2D eigenvalue weighted by Gasteiger charge is -2.60. The van der Waals surface area contributed by atoms with Crippen LogP contribution in [0.5, 0.6) is 0 Å². The van der Waals surface area contributed by atoms with Gasteiger partial charge in [0.2, 0.25) is 0 Å². The van der Waals surface area contributed by atoms with Crippen LogP contribution in [0.3, 0.4) is 0 Å². The maximum absolute atomic E-state index is 13.7. The second kappa shape index (κ2) is 10.3. The number of esters is 1. The summed E-state index contributed by atoms with van der Waals surface area (Å²) in [7, 11) is -5.76. The van der Waals surface area contributed by atoms with E-state index in [1.807, 2.05) is 67.8 Å². The van der Waals surface area contributed by atoms with Crippen LogP contribution in [0.1, 0.15) is 59.2 Å². The summed E-state index contributed by atoms with van der Waals surface area (Å²) in [4.78, 5) is 38.8. The monoisotopic (exact) mass is 991 g/mol. The van der Waals surface area contributed by atoms with Crippen molar-refractivity contribution in [1.82, 2.24) is 5.32 Å². The van der Waals surface area contributed by atoms with Crippen molar-refractivity contribution < 1.29 is 46.0 Å². The quantitative estimate of drug-likeness (QED) is 0.115. The van der Waals surface area contributed by atoms with Gasteiger partial charge in [-0.3, -0.25) is 14.1 Å². The average Bonchev–Trinajstić information content (AvgIpc) is 2.75. The van der Waals surface area contributed by atoms with Crippen LogP contribution in [0.15, 0.2) is 0 Å². The Balaban J connectivity index is 1.64. The molecule has 2 unspecified atom stereocenters. The van der Waals surface area contributed by atoms with Gasteiger partial charge >= 0.3 is 27.3 Å². The second-order valence-electron chi connectivity index (χ2n) is 9.98. The van der Waals surface area contributed by atoms with Gasteiger partial charge in [-0.15, -0.1) is 0 Å². The van der Waals surface area contributed by atoms with Crippen LogP contribution in [0.25, 0.3) is 0 Å². The Kier molecular flexibility index (Phi) is 8.43. The fourth-order valence-corrected chi connectivity index (χ4v) is 10.2. The zero-order valence-electron chi connectivity index (χ0n) is 18.6. The van der Waals surface area contributed by atoms with E-state index in [-0.39, 0.29) is 29.4 Å². The summed E-state index contributed by atoms with van der Waals surface area (Å²) in [6.07, 6.45) is 2.70. The molecule has 4 saturated carbocycles. The molecule has 1 aromatic carbocycles. The molecular formula is C21H19F2I4NO8S. The first-order valence-corrected chi connectivity index (χ1v) is 16.6. The van der Waals surface area contributed by atoms with E-state index in [1.54, 1.807) is 0 Å². The first-order chi connectivity index (χ1) is 16.9. The standard InChI is InChI=1S/C21H19F2I4NO8S/c22-21(23,37(33,34)35)7-36-18(32)19-2-8-1-9(3-19)5-20(4-8,6-19)28-16(29)10-11(17(30)31)13(25)15(27)14(26)12(10)24/h8-9H,1-7H2,(H,28,29)(H,30,31)(H,33,34,35). The van der Waals surface area contributed by atoms with Gasteiger partial charge in [0.05, 0.1) is 16.5 Å². The Morgan fingerprint density at radius 2 is 1.49 bits per heavy atom. The van der Waals surface area contributed by atoms with Crippen LogP contribution in [0.4, 0.5) is 8.78 Å². The molecule has 0 aromatic heterocycles. The third-order valence-corrected chi connectivity index (χ3v) is 15.6. The first kappa shape index (κ1) is 30.3. The van der Waals surface area contributed by atoms with E-state index < -0.39 is 50.8 Å². The molecule has 9 nitrogen and oxygen atoms in total. The van der Waals surface area contributed by atoms with E-state index >= 15 is 0 Å². The minimum atomic E-state index is -5.76. The molecule has 0 radical (unpaired) electrons. The maximum Gasteiger partial charge on any atom is 0.402 e. The number of rotatable bonds is 7. The van der Waals surface area contributed by atoms with Gasteiger partial charge < -0.3 is 15.2 Å². The molecule has 16 heteroatoms. The van der Waals surface area contributed by atoms with Gasteiger partial charge in [-0.05, 0) is 141 Å². The predicted molar refractivity (Wildman–Crippen MR) is 159 cm³/mol. The number of halogens is 6. The molecule has 4 aliphatic rings. The zero-order valence-corrected chi connectivity index (χ0v) is 28.1. The lowest BCUT2D eigenvalue weighted by molar-refractivity contribution is -0.179. The fourth-order valence-electron chi connectivity index (χ4n) is 6.37. The normalized spacial score (nSPS) is 28.7. The summed E-state index contributed by atoms with van der Waals surface area (Å²) < 4.78 is 65.1. The Labute approximate surface area is 265 Å². The summed E-state index contributed by atoms with van der Waals surface area (Å²) in [6, 6.07) is 0. The molecule has 4 fully saturated rings. The summed E-state index contributed by atoms with van der Waals surface area (Å²) in [5.74, 6) is -2.80. The van der Waals surface area contributed by atoms with E-state index in [9.17, 15) is 36.7 Å². The highest BCUT2D eigenvalue weighted by atomic mass is 127. The molecule has 3 N–H and O–H groups in total. The smallest absolute Gasteiger partial charge is 0.402 e. The number of carbonyl (C=O) groups excluding carboxylic acids is 2. The van der Waals surface area contributed by atoms with Crippen LogP contribution in [-0.4, -0.2) is 53.3 Å². The van der Waals surface area contributed by atoms with Crippen molar-refractivity contribution in [1.29, 1.82) is 0 Å². The number of carbonyl (C=O) groups is 3. The fraction of sp³-hybridized carbons (Fsp3) is 0.571. The van der Waals surface area contributed by atoms with E-state index in [4.69, 9.17) is 9.29 Å². The number of hydrogen-bond donors (Lipinski definition) is 3. The minimum absolute atomic E-state index is 0.00574. The highest BCUT2D eigenvalue weighted by molar-refractivity contribution is 14.1. The first-order valence-electron chi connectivity index (χ1n) is 10.9. The van der Waals surface area contributed by atoms with Gasteiger partial charge in [-0.1, -0.05) is 0 Å². The molecule has 204 valence electrons. The third kappa shape index (κ3) is 5.48. The lowest BCUT2D eigenvalue weighted by Crippen LogP contribution is -2.65. The molecule has 0 saturated heterocycles. The van der Waals surface area contributed by atoms with Gasteiger partial charge in [-0.2, -0.15) is 17.2 Å². The number of ether oxygens (including phenoxy) is 1. The predicted octanol–water partition coefficient (Wildman–Crippen LogP) is 4.90. The topological polar surface area (TPSA) is 147 Å². The second-order valence-corrected chi connectivity index (χ2v) is 15.8. The van der Waals surface area contributed by atoms with Crippen molar-refractivity contribution in [2.75, 3.05) is 6.61 Å². The molecule has 1 aromatic rings. The van der Waals surface area contributed by atoms with Crippen molar-refractivity contribution in [2.45, 2.75) is 49.3 Å². The molecule has 1 amide bonds. The van der Waals surface area contributed by atoms with Crippen LogP contribution in [-0.2, 0) is 19.6 Å². The van der Waals surface area contributed by atoms with Crippen LogP contribution < -0.4 is 5.32 Å². The van der Waals surface area contributed by atoms with Gasteiger partial charge in [0, 0.05) is 19.8 Å². The summed E-state index contributed by atoms with van der Waals surface area (Å²) in [6.45, 7) is -1.80. The molecular weight excluding hydrogens is 972 g/mol. The Morgan fingerprint density at radius 3 is 1.97 bits per heavy atom. The van der Waals surface area contributed by atoms with E-state index in [0.717, 1.165) is 13.6 Å². The van der Waals surface area contributed by atoms with Gasteiger partial charge in [0.15, 0.2) is 6.61 Å². The minimum Gasteiger partial charge on any atom is -0.478 e. The van der Waals surface area contributed by atoms with Crippen molar-refractivity contribution in [2.24, 2.45) is 17.3 Å². The highest BCUT2D eigenvalue weighted by Crippen LogP contribution is 2.62. The lowest BCUT2D eigenvalue weighted by atomic mass is 9.47. The molecule has 0 aliphatic heterocycles. The number of carboxylic acids is 1. The molecule has 2 atom stereocenters. The maximum atomic E-state index is 13.7. The van der Waals surface area contributed by atoms with Gasteiger partial charge in [-0.25, -0.2) is 4.79 Å². The van der Waals surface area contributed by atoms with E-state index in [1.165, 1.54) is 0 Å². The Bertz CT molecular complexity index is 1310. The summed E-state index contributed by atoms with van der Waals surface area (Å²) >= 11 is 7.94. The number of hydrogen-bond acceptors (Lipinski definition) is 6. The SMILES string of the molecule is O=C(O)c1c(I)c(I)c(I)c(I)c1C(=O)NC12CC3CC(C1)CC(C(=O)OCC(F)(F)S(=O)(=O)O)(C3)C2. The number of benzene rings is 1. The van der Waals surface area contributed by atoms with Crippen LogP contribution >= 0.6 is 90.4 Å². The number of nitrogens with one attached hydrogen (secondary N) is 1. The largest absolute Gasteiger partial charge is 0.478 e. The molecule has 4 bridgehead atoms. The number of aromatic carboxylic acids is 1.